The second-order valence-electron chi connectivity index (χ2n) is 8.22. The molecule has 182 valence electrons. The number of amides is 1. The maximum absolute atomic E-state index is 13.6. The van der Waals surface area contributed by atoms with E-state index in [-0.39, 0.29) is 16.5 Å². The van der Waals surface area contributed by atoms with Gasteiger partial charge < -0.3 is 9.26 Å². The molecule has 0 spiro atoms. The zero-order valence-electron chi connectivity index (χ0n) is 19.1. The first-order valence-corrected chi connectivity index (χ1v) is 13.8. The van der Waals surface area contributed by atoms with Crippen LogP contribution in [0.2, 0.25) is 0 Å². The molecular weight excluding hydrogens is 488 g/mol. The third kappa shape index (κ3) is 5.13. The molecule has 4 aromatic rings. The van der Waals surface area contributed by atoms with E-state index in [1.54, 1.807) is 23.1 Å². The van der Waals surface area contributed by atoms with Gasteiger partial charge in [0.15, 0.2) is 26.4 Å². The molecule has 0 atom stereocenters. The molecule has 11 heteroatoms. The number of para-hydroxylation sites is 1. The van der Waals surface area contributed by atoms with Crippen molar-refractivity contribution in [1.29, 1.82) is 0 Å². The lowest BCUT2D eigenvalue weighted by Gasteiger charge is -2.28. The van der Waals surface area contributed by atoms with Crippen molar-refractivity contribution in [3.8, 4) is 11.3 Å². The van der Waals surface area contributed by atoms with Crippen LogP contribution in [0.1, 0.15) is 10.5 Å². The summed E-state index contributed by atoms with van der Waals surface area (Å²) in [5, 5.41) is 4.44. The molecule has 0 radical (unpaired) electrons. The number of aromatic nitrogens is 2. The highest BCUT2D eigenvalue weighted by Crippen LogP contribution is 2.33. The van der Waals surface area contributed by atoms with Crippen molar-refractivity contribution in [1.82, 2.24) is 15.0 Å². The number of carbonyl (C=O) groups is 1. The molecule has 2 aromatic carbocycles. The zero-order valence-corrected chi connectivity index (χ0v) is 20.7. The molecule has 0 bridgehead atoms. The first-order chi connectivity index (χ1) is 16.9. The molecule has 1 fully saturated rings. The summed E-state index contributed by atoms with van der Waals surface area (Å²) in [7, 11) is -3.48. The van der Waals surface area contributed by atoms with E-state index >= 15 is 0 Å². The van der Waals surface area contributed by atoms with Gasteiger partial charge in [0.25, 0.3) is 5.91 Å². The molecule has 3 heterocycles. The van der Waals surface area contributed by atoms with Gasteiger partial charge in [-0.15, -0.1) is 0 Å². The minimum atomic E-state index is -3.48. The molecule has 1 saturated heterocycles. The van der Waals surface area contributed by atoms with Gasteiger partial charge in [-0.1, -0.05) is 52.9 Å². The number of carbonyl (C=O) groups excluding carboxylic acids is 1. The lowest BCUT2D eigenvalue weighted by molar-refractivity contribution is 0.0391. The normalized spacial score (nSPS) is 14.9. The quantitative estimate of drug-likeness (QED) is 0.371. The van der Waals surface area contributed by atoms with E-state index in [0.29, 0.717) is 47.4 Å². The Hall–Kier alpha value is -3.12. The highest BCUT2D eigenvalue weighted by atomic mass is 32.2. The van der Waals surface area contributed by atoms with Crippen LogP contribution in [-0.2, 0) is 14.6 Å². The number of fused-ring (bicyclic) bond motifs is 1. The maximum atomic E-state index is 13.6. The van der Waals surface area contributed by atoms with Gasteiger partial charge in [0.2, 0.25) is 0 Å². The van der Waals surface area contributed by atoms with Crippen LogP contribution in [-0.4, -0.2) is 75.0 Å². The average molecular weight is 513 g/mol. The van der Waals surface area contributed by atoms with Gasteiger partial charge in [0, 0.05) is 44.1 Å². The Balaban J connectivity index is 1.49. The second kappa shape index (κ2) is 9.86. The highest BCUT2D eigenvalue weighted by molar-refractivity contribution is 7.91. The molecule has 2 aromatic heterocycles. The van der Waals surface area contributed by atoms with E-state index in [9.17, 15) is 13.2 Å². The predicted molar refractivity (Wildman–Crippen MR) is 134 cm³/mol. The molecule has 0 unspecified atom stereocenters. The summed E-state index contributed by atoms with van der Waals surface area (Å²) in [6.07, 6.45) is 1.16. The van der Waals surface area contributed by atoms with Crippen LogP contribution in [0, 0.1) is 0 Å². The molecule has 35 heavy (non-hydrogen) atoms. The van der Waals surface area contributed by atoms with Gasteiger partial charge in [-0.25, -0.2) is 13.4 Å². The van der Waals surface area contributed by atoms with Gasteiger partial charge in [-0.05, 0) is 12.1 Å². The van der Waals surface area contributed by atoms with E-state index in [1.807, 2.05) is 30.3 Å². The molecule has 1 amide bonds. The number of sulfone groups is 1. The number of morpholine rings is 1. The van der Waals surface area contributed by atoms with E-state index in [0.717, 1.165) is 24.9 Å². The van der Waals surface area contributed by atoms with E-state index in [1.165, 1.54) is 17.4 Å². The van der Waals surface area contributed by atoms with Gasteiger partial charge in [-0.3, -0.25) is 14.6 Å². The van der Waals surface area contributed by atoms with Crippen LogP contribution in [0.5, 0.6) is 0 Å². The fourth-order valence-corrected chi connectivity index (χ4v) is 5.84. The van der Waals surface area contributed by atoms with Crippen molar-refractivity contribution < 1.29 is 22.5 Å². The van der Waals surface area contributed by atoms with E-state index in [2.05, 4.69) is 15.0 Å². The number of nitrogens with zero attached hydrogens (tertiary/aromatic N) is 4. The van der Waals surface area contributed by atoms with Gasteiger partial charge >= 0.3 is 0 Å². The monoisotopic (exact) mass is 512 g/mol. The molecule has 0 N–H and O–H groups in total. The Morgan fingerprint density at radius 1 is 1.11 bits per heavy atom. The largest absolute Gasteiger partial charge is 0.379 e. The summed E-state index contributed by atoms with van der Waals surface area (Å²) >= 11 is 1.28. The van der Waals surface area contributed by atoms with Crippen LogP contribution in [0.4, 0.5) is 5.13 Å². The summed E-state index contributed by atoms with van der Waals surface area (Å²) in [6, 6.07) is 16.1. The highest BCUT2D eigenvalue weighted by Gasteiger charge is 2.27. The van der Waals surface area contributed by atoms with Crippen molar-refractivity contribution in [2.75, 3.05) is 50.5 Å². The summed E-state index contributed by atoms with van der Waals surface area (Å²) in [5.41, 5.74) is 1.34. The molecular formula is C24H24N4O5S2. The fourth-order valence-electron chi connectivity index (χ4n) is 3.93. The number of hydrogen-bond acceptors (Lipinski definition) is 9. The molecule has 1 aliphatic heterocycles. The van der Waals surface area contributed by atoms with Crippen LogP contribution in [0.3, 0.4) is 0 Å². The third-order valence-corrected chi connectivity index (χ3v) is 7.95. The Labute approximate surface area is 206 Å². The number of rotatable bonds is 7. The third-order valence-electron chi connectivity index (χ3n) is 5.78. The molecule has 1 aliphatic rings. The van der Waals surface area contributed by atoms with Crippen molar-refractivity contribution in [2.24, 2.45) is 0 Å². The fraction of sp³-hybridized carbons (Fsp3) is 0.292. The number of thiazole rings is 1. The van der Waals surface area contributed by atoms with Crippen molar-refractivity contribution >= 4 is 42.4 Å². The van der Waals surface area contributed by atoms with Crippen molar-refractivity contribution in [3.05, 3.63) is 60.3 Å². The standard InChI is InChI=1S/C24H24N4O5S2/c1-35(30,31)21-9-5-8-20-22(21)25-24(34-20)28(11-10-27-12-14-32-15-13-27)23(29)18-16-19(33-26-18)17-6-3-2-4-7-17/h2-9,16H,10-15H2,1H3. The smallest absolute Gasteiger partial charge is 0.282 e. The molecule has 5 rings (SSSR count). The second-order valence-corrected chi connectivity index (χ2v) is 11.2. The Bertz CT molecular complexity index is 1440. The summed E-state index contributed by atoms with van der Waals surface area (Å²) in [6.45, 7) is 3.84. The van der Waals surface area contributed by atoms with Gasteiger partial charge in [0.1, 0.15) is 5.52 Å². The number of benzene rings is 2. The lowest BCUT2D eigenvalue weighted by Crippen LogP contribution is -2.43. The van der Waals surface area contributed by atoms with Crippen molar-refractivity contribution in [2.45, 2.75) is 4.90 Å². The number of anilines is 1. The SMILES string of the molecule is CS(=O)(=O)c1cccc2sc(N(CCN3CCOCC3)C(=O)c3cc(-c4ccccc4)on3)nc12. The van der Waals surface area contributed by atoms with Crippen LogP contribution in [0.15, 0.2) is 64.0 Å². The number of hydrogen-bond donors (Lipinski definition) is 0. The lowest BCUT2D eigenvalue weighted by atomic mass is 10.1. The Morgan fingerprint density at radius 3 is 2.63 bits per heavy atom. The minimum Gasteiger partial charge on any atom is -0.379 e. The molecule has 0 aliphatic carbocycles. The van der Waals surface area contributed by atoms with Gasteiger partial charge in [-0.2, -0.15) is 0 Å². The minimum absolute atomic E-state index is 0.144. The van der Waals surface area contributed by atoms with Crippen LogP contribution >= 0.6 is 11.3 Å². The first kappa shape index (κ1) is 23.6. The summed E-state index contributed by atoms with van der Waals surface area (Å²) < 4.78 is 36.2. The topological polar surface area (TPSA) is 106 Å². The first-order valence-electron chi connectivity index (χ1n) is 11.1. The molecule has 0 saturated carbocycles. The number of ether oxygens (including phenoxy) is 1. The Kier molecular flexibility index (Phi) is 6.65. The van der Waals surface area contributed by atoms with Crippen LogP contribution in [0.25, 0.3) is 21.5 Å². The van der Waals surface area contributed by atoms with Gasteiger partial charge in [0.05, 0.1) is 22.8 Å². The van der Waals surface area contributed by atoms with Crippen molar-refractivity contribution in [3.63, 3.8) is 0 Å². The summed E-state index contributed by atoms with van der Waals surface area (Å²) in [5.74, 6) is 0.134. The zero-order chi connectivity index (χ0) is 24.4. The molecule has 9 nitrogen and oxygen atoms in total. The summed E-state index contributed by atoms with van der Waals surface area (Å²) in [4.78, 5) is 22.1. The van der Waals surface area contributed by atoms with Crippen LogP contribution < -0.4 is 4.90 Å². The Morgan fingerprint density at radius 2 is 1.89 bits per heavy atom. The maximum Gasteiger partial charge on any atom is 0.282 e. The van der Waals surface area contributed by atoms with E-state index in [4.69, 9.17) is 9.26 Å². The van der Waals surface area contributed by atoms with E-state index < -0.39 is 9.84 Å². The average Bonchev–Trinajstić information content (AvgIpc) is 3.52. The predicted octanol–water partition coefficient (Wildman–Crippen LogP) is 3.33.